The molecule has 18 heavy (non-hydrogen) atoms. The van der Waals surface area contributed by atoms with Crippen LogP contribution < -0.4 is 0 Å². The van der Waals surface area contributed by atoms with Gasteiger partial charge in [0.15, 0.2) is 0 Å². The first-order valence-electron chi connectivity index (χ1n) is 5.66. The fraction of sp³-hybridized carbons (Fsp3) is 0.385. The topological polar surface area (TPSA) is 52.6 Å². The SMILES string of the molecule is COC(=O)[C@@]12CC(=O)OC1c1ccc(S)cc1C2. The summed E-state index contributed by atoms with van der Waals surface area (Å²) in [5.41, 5.74) is 1.02. The lowest BCUT2D eigenvalue weighted by molar-refractivity contribution is -0.155. The van der Waals surface area contributed by atoms with Crippen LogP contribution in [0.2, 0.25) is 0 Å². The van der Waals surface area contributed by atoms with Gasteiger partial charge in [-0.2, -0.15) is 0 Å². The summed E-state index contributed by atoms with van der Waals surface area (Å²) in [6, 6.07) is 5.61. The Labute approximate surface area is 110 Å². The first kappa shape index (κ1) is 11.6. The molecule has 0 N–H and O–H groups in total. The Hall–Kier alpha value is -1.49. The summed E-state index contributed by atoms with van der Waals surface area (Å²) < 4.78 is 10.2. The molecule has 1 aliphatic heterocycles. The number of carbonyl (C=O) groups is 2. The highest BCUT2D eigenvalue weighted by atomic mass is 32.1. The number of ether oxygens (including phenoxy) is 2. The van der Waals surface area contributed by atoms with Gasteiger partial charge < -0.3 is 9.47 Å². The van der Waals surface area contributed by atoms with E-state index in [1.54, 1.807) is 0 Å². The van der Waals surface area contributed by atoms with E-state index in [9.17, 15) is 9.59 Å². The Kier molecular flexibility index (Phi) is 2.41. The summed E-state index contributed by atoms with van der Waals surface area (Å²) >= 11 is 4.29. The van der Waals surface area contributed by atoms with Crippen LogP contribution in [0.25, 0.3) is 0 Å². The summed E-state index contributed by atoms with van der Waals surface area (Å²) in [4.78, 5) is 24.4. The maximum Gasteiger partial charge on any atom is 0.316 e. The predicted octanol–water partition coefficient (Wildman–Crippen LogP) is 1.68. The smallest absolute Gasteiger partial charge is 0.316 e. The van der Waals surface area contributed by atoms with Crippen molar-refractivity contribution in [2.24, 2.45) is 5.41 Å². The highest BCUT2D eigenvalue weighted by molar-refractivity contribution is 7.80. The average Bonchev–Trinajstić information content (AvgIpc) is 2.79. The second-order valence-corrected chi connectivity index (χ2v) is 5.27. The molecule has 1 heterocycles. The lowest BCUT2D eigenvalue weighted by atomic mass is 9.81. The maximum absolute atomic E-state index is 12.0. The first-order valence-corrected chi connectivity index (χ1v) is 6.11. The average molecular weight is 264 g/mol. The van der Waals surface area contributed by atoms with Gasteiger partial charge in [-0.25, -0.2) is 0 Å². The van der Waals surface area contributed by atoms with Gasteiger partial charge in [0.1, 0.15) is 11.5 Å². The summed E-state index contributed by atoms with van der Waals surface area (Å²) in [7, 11) is 1.34. The zero-order valence-corrected chi connectivity index (χ0v) is 10.7. The van der Waals surface area contributed by atoms with Crippen LogP contribution in [-0.2, 0) is 25.5 Å². The van der Waals surface area contributed by atoms with E-state index >= 15 is 0 Å². The van der Waals surface area contributed by atoms with Crippen molar-refractivity contribution in [2.75, 3.05) is 7.11 Å². The number of rotatable bonds is 1. The number of esters is 2. The Balaban J connectivity index is 2.11. The van der Waals surface area contributed by atoms with E-state index in [2.05, 4.69) is 12.6 Å². The monoisotopic (exact) mass is 264 g/mol. The van der Waals surface area contributed by atoms with E-state index in [1.165, 1.54) is 7.11 Å². The predicted molar refractivity (Wildman–Crippen MR) is 65.3 cm³/mol. The fourth-order valence-corrected chi connectivity index (χ4v) is 3.18. The lowest BCUT2D eigenvalue weighted by Crippen LogP contribution is -2.33. The van der Waals surface area contributed by atoms with Crippen LogP contribution >= 0.6 is 12.6 Å². The second-order valence-electron chi connectivity index (χ2n) is 4.75. The van der Waals surface area contributed by atoms with Crippen LogP contribution in [0.5, 0.6) is 0 Å². The zero-order chi connectivity index (χ0) is 12.9. The van der Waals surface area contributed by atoms with Gasteiger partial charge in [-0.15, -0.1) is 12.6 Å². The molecular formula is C13H12O4S. The molecule has 0 radical (unpaired) electrons. The van der Waals surface area contributed by atoms with Gasteiger partial charge in [-0.3, -0.25) is 9.59 Å². The normalized spacial score (nSPS) is 28.6. The Bertz CT molecular complexity index is 554. The van der Waals surface area contributed by atoms with E-state index in [4.69, 9.17) is 9.47 Å². The van der Waals surface area contributed by atoms with Gasteiger partial charge >= 0.3 is 11.9 Å². The summed E-state index contributed by atoms with van der Waals surface area (Å²) in [5, 5.41) is 0. The molecule has 1 aromatic carbocycles. The van der Waals surface area contributed by atoms with Crippen molar-refractivity contribution in [3.05, 3.63) is 29.3 Å². The molecule has 4 nitrogen and oxygen atoms in total. The number of methoxy groups -OCH3 is 1. The van der Waals surface area contributed by atoms with Crippen molar-refractivity contribution < 1.29 is 19.1 Å². The molecule has 0 bridgehead atoms. The summed E-state index contributed by atoms with van der Waals surface area (Å²) in [5.74, 6) is -0.721. The molecule has 1 saturated heterocycles. The molecule has 2 atom stereocenters. The number of hydrogen-bond acceptors (Lipinski definition) is 5. The molecular weight excluding hydrogens is 252 g/mol. The fourth-order valence-electron chi connectivity index (χ4n) is 2.95. The Morgan fingerprint density at radius 1 is 1.50 bits per heavy atom. The molecule has 5 heteroatoms. The number of thiol groups is 1. The van der Waals surface area contributed by atoms with Crippen LogP contribution in [0.4, 0.5) is 0 Å². The third-order valence-electron chi connectivity index (χ3n) is 3.72. The van der Waals surface area contributed by atoms with Crippen molar-refractivity contribution in [1.82, 2.24) is 0 Å². The van der Waals surface area contributed by atoms with E-state index in [0.717, 1.165) is 16.0 Å². The summed E-state index contributed by atoms with van der Waals surface area (Å²) in [6.45, 7) is 0. The molecule has 0 saturated carbocycles. The Morgan fingerprint density at radius 2 is 2.28 bits per heavy atom. The third kappa shape index (κ3) is 1.40. The molecule has 2 aliphatic rings. The van der Waals surface area contributed by atoms with Crippen LogP contribution in [0.3, 0.4) is 0 Å². The minimum absolute atomic E-state index is 0.0843. The zero-order valence-electron chi connectivity index (χ0n) is 9.80. The lowest BCUT2D eigenvalue weighted by Gasteiger charge is -2.22. The third-order valence-corrected chi connectivity index (χ3v) is 4.00. The van der Waals surface area contributed by atoms with Crippen LogP contribution in [0.1, 0.15) is 23.7 Å². The molecule has 1 fully saturated rings. The summed E-state index contributed by atoms with van der Waals surface area (Å²) in [6.07, 6.45) is 0.0437. The molecule has 0 spiro atoms. The van der Waals surface area contributed by atoms with Crippen molar-refractivity contribution in [3.8, 4) is 0 Å². The van der Waals surface area contributed by atoms with Crippen molar-refractivity contribution in [2.45, 2.75) is 23.8 Å². The molecule has 94 valence electrons. The first-order chi connectivity index (χ1) is 8.56. The van der Waals surface area contributed by atoms with Crippen LogP contribution in [0.15, 0.2) is 23.1 Å². The van der Waals surface area contributed by atoms with Gasteiger partial charge in [0.05, 0.1) is 13.5 Å². The largest absolute Gasteiger partial charge is 0.468 e. The van der Waals surface area contributed by atoms with Gasteiger partial charge in [0, 0.05) is 4.90 Å². The quantitative estimate of drug-likeness (QED) is 0.619. The van der Waals surface area contributed by atoms with Gasteiger partial charge in [-0.05, 0) is 29.7 Å². The molecule has 3 rings (SSSR count). The van der Waals surface area contributed by atoms with E-state index < -0.39 is 11.5 Å². The highest BCUT2D eigenvalue weighted by Gasteiger charge is 2.60. The molecule has 0 aromatic heterocycles. The number of carbonyl (C=O) groups excluding carboxylic acids is 2. The Morgan fingerprint density at radius 3 is 3.00 bits per heavy atom. The number of fused-ring (bicyclic) bond motifs is 3. The molecule has 1 aromatic rings. The van der Waals surface area contributed by atoms with Crippen molar-refractivity contribution >= 4 is 24.6 Å². The van der Waals surface area contributed by atoms with Gasteiger partial charge in [0.2, 0.25) is 0 Å². The number of benzene rings is 1. The van der Waals surface area contributed by atoms with Crippen molar-refractivity contribution in [1.29, 1.82) is 0 Å². The highest BCUT2D eigenvalue weighted by Crippen LogP contribution is 2.55. The standard InChI is InChI=1S/C13H12O4S/c1-16-12(15)13-5-7-4-8(18)2-3-9(7)11(13)17-10(14)6-13/h2-4,11,18H,5-6H2,1H3/t11?,13-/m0/s1. The molecule has 0 amide bonds. The van der Waals surface area contributed by atoms with E-state index in [-0.39, 0.29) is 18.4 Å². The van der Waals surface area contributed by atoms with E-state index in [0.29, 0.717) is 6.42 Å². The second kappa shape index (κ2) is 3.75. The molecule has 1 aliphatic carbocycles. The van der Waals surface area contributed by atoms with Crippen LogP contribution in [-0.4, -0.2) is 19.0 Å². The minimum Gasteiger partial charge on any atom is -0.468 e. The number of hydrogen-bond donors (Lipinski definition) is 1. The van der Waals surface area contributed by atoms with Crippen molar-refractivity contribution in [3.63, 3.8) is 0 Å². The minimum atomic E-state index is -0.879. The van der Waals surface area contributed by atoms with E-state index in [1.807, 2.05) is 18.2 Å². The van der Waals surface area contributed by atoms with Gasteiger partial charge in [0.25, 0.3) is 0 Å². The van der Waals surface area contributed by atoms with Gasteiger partial charge in [-0.1, -0.05) is 6.07 Å². The molecule has 1 unspecified atom stereocenters. The van der Waals surface area contributed by atoms with Crippen LogP contribution in [0, 0.1) is 5.41 Å². The maximum atomic E-state index is 12.0.